The first kappa shape index (κ1) is 26.2. The van der Waals surface area contributed by atoms with E-state index in [1.807, 2.05) is 0 Å². The Balaban J connectivity index is 0.00000341. The third kappa shape index (κ3) is 4.06. The van der Waals surface area contributed by atoms with E-state index in [0.717, 1.165) is 0 Å². The number of hydrogen-bond acceptors (Lipinski definition) is 7. The number of ether oxygens (including phenoxy) is 2. The van der Waals surface area contributed by atoms with E-state index in [1.165, 1.54) is 33.1 Å². The molecule has 2 aliphatic carbocycles. The summed E-state index contributed by atoms with van der Waals surface area (Å²) < 4.78 is 10.8. The van der Waals surface area contributed by atoms with E-state index in [0.29, 0.717) is 31.3 Å². The molecule has 1 aliphatic heterocycles. The maximum Gasteiger partial charge on any atom is 1.00 e. The number of aliphatic carboxylic acids is 1. The Morgan fingerprint density at radius 1 is 1.26 bits per heavy atom. The van der Waals surface area contributed by atoms with E-state index in [2.05, 4.69) is 0 Å². The Bertz CT molecular complexity index is 902. The molecule has 0 amide bonds. The quantitative estimate of drug-likeness (QED) is 0.222. The van der Waals surface area contributed by atoms with Gasteiger partial charge >= 0.3 is 63.3 Å². The van der Waals surface area contributed by atoms with Crippen LogP contribution in [0.5, 0.6) is 0 Å². The van der Waals surface area contributed by atoms with Crippen LogP contribution in [0.1, 0.15) is 52.9 Å². The molecule has 2 bridgehead atoms. The summed E-state index contributed by atoms with van der Waals surface area (Å²) >= 11 is 0. The van der Waals surface area contributed by atoms with Gasteiger partial charge in [-0.1, -0.05) is 18.2 Å². The maximum atomic E-state index is 13.4. The second-order valence-corrected chi connectivity index (χ2v) is 8.70. The smallest absolute Gasteiger partial charge is 0.545 e. The van der Waals surface area contributed by atoms with Gasteiger partial charge in [-0.05, 0) is 64.5 Å². The van der Waals surface area contributed by atoms with Crippen LogP contribution < -0.4 is 56.5 Å². The average molecular weight is 455 g/mol. The van der Waals surface area contributed by atoms with Gasteiger partial charge in [0.05, 0.1) is 23.9 Å². The zero-order valence-electron chi connectivity index (χ0n) is 18.8. The standard InChI is InChI=1S/C23H28O7.K/c1-14(18(25)26)6-5-10-21(3)17-9-12-22(20(28)30-21)11-7-16(19(27)29-4)8-13-23(17,22)15(2)24;/h5-7,10,17H,8-9,11-13H2,1-4H3,(H,25,26);/q;+1/p-1/b10-5+,14-6+;. The minimum Gasteiger partial charge on any atom is -0.545 e. The van der Waals surface area contributed by atoms with Gasteiger partial charge in [0.15, 0.2) is 0 Å². The Hall–Kier alpha value is -1.06. The molecule has 8 heteroatoms. The van der Waals surface area contributed by atoms with Crippen molar-refractivity contribution in [1.29, 1.82) is 0 Å². The minimum atomic E-state index is -1.28. The van der Waals surface area contributed by atoms with Crippen LogP contribution in [-0.2, 0) is 28.7 Å². The van der Waals surface area contributed by atoms with Crippen LogP contribution in [0.2, 0.25) is 0 Å². The third-order valence-corrected chi connectivity index (χ3v) is 7.36. The van der Waals surface area contributed by atoms with Crippen molar-refractivity contribution in [3.63, 3.8) is 0 Å². The molecular formula is C23H27KO7. The van der Waals surface area contributed by atoms with Gasteiger partial charge in [-0.25, -0.2) is 4.79 Å². The van der Waals surface area contributed by atoms with Crippen LogP contribution >= 0.6 is 0 Å². The Morgan fingerprint density at radius 2 is 1.94 bits per heavy atom. The number of carboxylic acid groups (broad SMARTS) is 1. The Morgan fingerprint density at radius 3 is 2.52 bits per heavy atom. The van der Waals surface area contributed by atoms with Crippen molar-refractivity contribution >= 4 is 23.7 Å². The van der Waals surface area contributed by atoms with Gasteiger partial charge < -0.3 is 19.4 Å². The summed E-state index contributed by atoms with van der Waals surface area (Å²) in [4.78, 5) is 49.5. The molecule has 31 heavy (non-hydrogen) atoms. The van der Waals surface area contributed by atoms with Gasteiger partial charge in [0.1, 0.15) is 11.4 Å². The van der Waals surface area contributed by atoms with Crippen LogP contribution in [0.4, 0.5) is 0 Å². The number of hydrogen-bond donors (Lipinski definition) is 0. The molecule has 4 unspecified atom stereocenters. The van der Waals surface area contributed by atoms with Crippen molar-refractivity contribution in [1.82, 2.24) is 0 Å². The second kappa shape index (κ2) is 9.43. The Labute approximate surface area is 224 Å². The molecule has 0 radical (unpaired) electrons. The van der Waals surface area contributed by atoms with Crippen molar-refractivity contribution in [2.24, 2.45) is 16.7 Å². The average Bonchev–Trinajstić information content (AvgIpc) is 2.86. The van der Waals surface area contributed by atoms with Gasteiger partial charge in [0.2, 0.25) is 0 Å². The largest absolute Gasteiger partial charge is 1.00 e. The second-order valence-electron chi connectivity index (χ2n) is 8.70. The fraction of sp³-hybridized carbons (Fsp3) is 0.565. The van der Waals surface area contributed by atoms with Crippen molar-refractivity contribution in [2.45, 2.75) is 58.5 Å². The fourth-order valence-electron chi connectivity index (χ4n) is 5.81. The summed E-state index contributed by atoms with van der Waals surface area (Å²) in [6, 6.07) is 0. The fourth-order valence-corrected chi connectivity index (χ4v) is 5.81. The number of ketones is 1. The number of methoxy groups -OCH3 is 1. The summed E-state index contributed by atoms with van der Waals surface area (Å²) in [5, 5.41) is 10.9. The number of allylic oxidation sites excluding steroid dienone is 3. The molecule has 0 aromatic carbocycles. The number of carbonyl (C=O) groups excluding carboxylic acids is 4. The molecule has 3 rings (SSSR count). The van der Waals surface area contributed by atoms with Gasteiger partial charge in [-0.2, -0.15) is 0 Å². The molecule has 4 atom stereocenters. The maximum absolute atomic E-state index is 13.4. The van der Waals surface area contributed by atoms with Crippen LogP contribution in [0, 0.1) is 16.7 Å². The zero-order chi connectivity index (χ0) is 22.3. The van der Waals surface area contributed by atoms with E-state index in [4.69, 9.17) is 9.47 Å². The zero-order valence-corrected chi connectivity index (χ0v) is 21.9. The van der Waals surface area contributed by atoms with Crippen molar-refractivity contribution in [3.8, 4) is 0 Å². The minimum absolute atomic E-state index is 0. The monoisotopic (exact) mass is 454 g/mol. The van der Waals surface area contributed by atoms with Gasteiger partial charge in [-0.15, -0.1) is 0 Å². The summed E-state index contributed by atoms with van der Waals surface area (Å²) in [6.07, 6.45) is 8.39. The SMILES string of the molecule is COC(=O)C1=CCC23CCC(C(C)(/C=C/C=C(\C)C(=O)[O-])OC2=O)C3(C(C)=O)CC1.[K+]. The molecule has 7 nitrogen and oxygen atoms in total. The summed E-state index contributed by atoms with van der Waals surface area (Å²) in [7, 11) is 1.31. The van der Waals surface area contributed by atoms with E-state index >= 15 is 0 Å². The Kier molecular flexibility index (Phi) is 7.97. The van der Waals surface area contributed by atoms with E-state index in [1.54, 1.807) is 19.1 Å². The van der Waals surface area contributed by atoms with Crippen molar-refractivity contribution in [3.05, 3.63) is 35.5 Å². The number of Topliss-reactive ketones (excluding diaryl/α,β-unsaturated/α-hetero) is 1. The van der Waals surface area contributed by atoms with E-state index in [-0.39, 0.29) is 75.1 Å². The molecule has 1 heterocycles. The van der Waals surface area contributed by atoms with Crippen LogP contribution in [0.15, 0.2) is 35.5 Å². The number of carboxylic acids is 1. The molecule has 162 valence electrons. The molecular weight excluding hydrogens is 427 g/mol. The molecule has 2 fully saturated rings. The first-order valence-electron chi connectivity index (χ1n) is 10.1. The topological polar surface area (TPSA) is 110 Å². The number of carbonyl (C=O) groups is 4. The van der Waals surface area contributed by atoms with Crippen LogP contribution in [0.3, 0.4) is 0 Å². The number of cyclic esters (lactones) is 1. The molecule has 0 spiro atoms. The molecule has 0 aromatic heterocycles. The van der Waals surface area contributed by atoms with Gasteiger partial charge in [-0.3, -0.25) is 9.59 Å². The van der Waals surface area contributed by atoms with Crippen LogP contribution in [-0.4, -0.2) is 36.4 Å². The van der Waals surface area contributed by atoms with E-state index in [9.17, 15) is 24.3 Å². The summed E-state index contributed by atoms with van der Waals surface area (Å²) in [5.41, 5.74) is -2.50. The van der Waals surface area contributed by atoms with Crippen LogP contribution in [0.25, 0.3) is 0 Å². The number of rotatable bonds is 5. The van der Waals surface area contributed by atoms with Crippen molar-refractivity contribution in [2.75, 3.05) is 7.11 Å². The predicted octanol–water partition coefficient (Wildman–Crippen LogP) is -1.19. The first-order chi connectivity index (χ1) is 14.0. The molecule has 3 aliphatic rings. The molecule has 0 aromatic rings. The number of esters is 2. The summed E-state index contributed by atoms with van der Waals surface area (Å²) in [6.45, 7) is 4.69. The molecule has 1 saturated heterocycles. The first-order valence-corrected chi connectivity index (χ1v) is 10.1. The molecule has 1 saturated carbocycles. The normalized spacial score (nSPS) is 34.7. The van der Waals surface area contributed by atoms with Gasteiger partial charge in [0, 0.05) is 11.5 Å². The predicted molar refractivity (Wildman–Crippen MR) is 105 cm³/mol. The van der Waals surface area contributed by atoms with E-state index < -0.39 is 34.3 Å². The third-order valence-electron chi connectivity index (χ3n) is 7.36. The molecule has 0 N–H and O–H groups in total. The van der Waals surface area contributed by atoms with Crippen molar-refractivity contribution < 1.29 is 85.1 Å². The summed E-state index contributed by atoms with van der Waals surface area (Å²) in [5.74, 6) is -2.53. The van der Waals surface area contributed by atoms with Gasteiger partial charge in [0.25, 0.3) is 0 Å².